The molecule has 3 rings (SSSR count). The summed E-state index contributed by atoms with van der Waals surface area (Å²) >= 11 is 1.41. The lowest BCUT2D eigenvalue weighted by atomic mass is 10.1. The van der Waals surface area contributed by atoms with Crippen molar-refractivity contribution in [3.63, 3.8) is 0 Å². The number of fused-ring (bicyclic) bond motifs is 1. The van der Waals surface area contributed by atoms with Crippen molar-refractivity contribution < 1.29 is 9.53 Å². The number of methoxy groups -OCH3 is 1. The molecule has 25 heavy (non-hydrogen) atoms. The van der Waals surface area contributed by atoms with Crippen molar-refractivity contribution in [2.45, 2.75) is 24.3 Å². The molecule has 0 spiro atoms. The predicted molar refractivity (Wildman–Crippen MR) is 101 cm³/mol. The van der Waals surface area contributed by atoms with Crippen molar-refractivity contribution >= 4 is 28.7 Å². The second-order valence-electron chi connectivity index (χ2n) is 6.10. The number of carbonyl (C=O) groups excluding carboxylic acids is 1. The van der Waals surface area contributed by atoms with Crippen LogP contribution in [0.1, 0.15) is 13.8 Å². The van der Waals surface area contributed by atoms with Gasteiger partial charge in [-0.15, -0.1) is 0 Å². The van der Waals surface area contributed by atoms with E-state index in [9.17, 15) is 4.79 Å². The maximum Gasteiger partial charge on any atom is 0.231 e. The molecule has 6 heteroatoms. The van der Waals surface area contributed by atoms with Crippen LogP contribution in [0.5, 0.6) is 5.75 Å². The molecule has 2 N–H and O–H groups in total. The molecule has 0 saturated carbocycles. The van der Waals surface area contributed by atoms with Gasteiger partial charge in [-0.3, -0.25) is 9.36 Å². The summed E-state index contributed by atoms with van der Waals surface area (Å²) in [5.41, 5.74) is 8.43. The van der Waals surface area contributed by atoms with Gasteiger partial charge in [0, 0.05) is 5.69 Å². The molecule has 0 radical (unpaired) electrons. The molecule has 0 aliphatic rings. The molecule has 3 aromatic rings. The SMILES string of the molecule is COc1ccc(-n2c(S[C@H](C(N)=O)C(C)C)nc3ccccc32)cc1. The van der Waals surface area contributed by atoms with Gasteiger partial charge >= 0.3 is 0 Å². The van der Waals surface area contributed by atoms with Gasteiger partial charge in [0.05, 0.1) is 23.4 Å². The van der Waals surface area contributed by atoms with Crippen LogP contribution < -0.4 is 10.5 Å². The molecule has 0 bridgehead atoms. The van der Waals surface area contributed by atoms with Crippen molar-refractivity contribution in [2.75, 3.05) is 7.11 Å². The van der Waals surface area contributed by atoms with Gasteiger partial charge in [-0.25, -0.2) is 4.98 Å². The summed E-state index contributed by atoms with van der Waals surface area (Å²) < 4.78 is 7.29. The lowest BCUT2D eigenvalue weighted by Gasteiger charge is -2.17. The Bertz CT molecular complexity index is 887. The maximum absolute atomic E-state index is 11.8. The number of amides is 1. The Labute approximate surface area is 151 Å². The molecule has 0 fully saturated rings. The molecular formula is C19H21N3O2S. The quantitative estimate of drug-likeness (QED) is 0.686. The van der Waals surface area contributed by atoms with Gasteiger partial charge in [0.2, 0.25) is 5.91 Å². The van der Waals surface area contributed by atoms with E-state index in [1.165, 1.54) is 11.8 Å². The number of ether oxygens (including phenoxy) is 1. The van der Waals surface area contributed by atoms with E-state index >= 15 is 0 Å². The summed E-state index contributed by atoms with van der Waals surface area (Å²) in [7, 11) is 1.64. The molecule has 1 amide bonds. The van der Waals surface area contributed by atoms with Crippen LogP contribution in [0.2, 0.25) is 0 Å². The maximum atomic E-state index is 11.8. The number of aromatic nitrogens is 2. The summed E-state index contributed by atoms with van der Waals surface area (Å²) in [6.45, 7) is 3.98. The first kappa shape index (κ1) is 17.4. The average molecular weight is 355 g/mol. The van der Waals surface area contributed by atoms with Gasteiger partial charge in [0.15, 0.2) is 5.16 Å². The number of nitrogens with two attached hydrogens (primary N) is 1. The number of carbonyl (C=O) groups is 1. The van der Waals surface area contributed by atoms with Crippen LogP contribution in [0.15, 0.2) is 53.7 Å². The van der Waals surface area contributed by atoms with Crippen molar-refractivity contribution in [3.05, 3.63) is 48.5 Å². The van der Waals surface area contributed by atoms with E-state index in [1.54, 1.807) is 7.11 Å². The standard InChI is InChI=1S/C19H21N3O2S/c1-12(2)17(18(20)23)25-19-21-15-6-4-5-7-16(15)22(19)13-8-10-14(24-3)11-9-13/h4-12,17H,1-3H3,(H2,20,23)/t17-/m0/s1. The number of nitrogens with zero attached hydrogens (tertiary/aromatic N) is 2. The van der Waals surface area contributed by atoms with E-state index in [2.05, 4.69) is 4.57 Å². The third-order valence-corrected chi connectivity index (χ3v) is 5.49. The monoisotopic (exact) mass is 355 g/mol. The van der Waals surface area contributed by atoms with Crippen LogP contribution in [0.3, 0.4) is 0 Å². The number of hydrogen-bond donors (Lipinski definition) is 1. The van der Waals surface area contributed by atoms with Gasteiger partial charge in [-0.05, 0) is 42.3 Å². The Morgan fingerprint density at radius 3 is 2.44 bits per heavy atom. The van der Waals surface area contributed by atoms with Crippen LogP contribution in [-0.4, -0.2) is 27.8 Å². The van der Waals surface area contributed by atoms with E-state index in [1.807, 2.05) is 62.4 Å². The lowest BCUT2D eigenvalue weighted by Crippen LogP contribution is -2.30. The van der Waals surface area contributed by atoms with E-state index in [0.717, 1.165) is 27.6 Å². The van der Waals surface area contributed by atoms with Gasteiger partial charge < -0.3 is 10.5 Å². The van der Waals surface area contributed by atoms with Gasteiger partial charge in [0.1, 0.15) is 5.75 Å². The van der Waals surface area contributed by atoms with Crippen LogP contribution in [0.25, 0.3) is 16.7 Å². The molecule has 1 atom stereocenters. The third kappa shape index (κ3) is 3.49. The largest absolute Gasteiger partial charge is 0.497 e. The second kappa shape index (κ2) is 7.19. The fourth-order valence-corrected chi connectivity index (χ4v) is 3.78. The Morgan fingerprint density at radius 1 is 1.16 bits per heavy atom. The molecule has 1 heterocycles. The Balaban J connectivity index is 2.12. The van der Waals surface area contributed by atoms with Crippen LogP contribution in [0, 0.1) is 5.92 Å². The first-order chi connectivity index (χ1) is 12.0. The zero-order chi connectivity index (χ0) is 18.0. The fraction of sp³-hybridized carbons (Fsp3) is 0.263. The van der Waals surface area contributed by atoms with Crippen molar-refractivity contribution in [2.24, 2.45) is 11.7 Å². The minimum Gasteiger partial charge on any atom is -0.497 e. The molecule has 130 valence electrons. The zero-order valence-electron chi connectivity index (χ0n) is 14.5. The number of para-hydroxylation sites is 2. The molecule has 0 saturated heterocycles. The minimum absolute atomic E-state index is 0.117. The first-order valence-electron chi connectivity index (χ1n) is 8.09. The van der Waals surface area contributed by atoms with E-state index < -0.39 is 0 Å². The zero-order valence-corrected chi connectivity index (χ0v) is 15.3. The molecule has 2 aromatic carbocycles. The highest BCUT2D eigenvalue weighted by Gasteiger charge is 2.24. The highest BCUT2D eigenvalue weighted by Crippen LogP contribution is 2.33. The molecule has 0 aliphatic carbocycles. The summed E-state index contributed by atoms with van der Waals surface area (Å²) in [5.74, 6) is 0.583. The smallest absolute Gasteiger partial charge is 0.231 e. The summed E-state index contributed by atoms with van der Waals surface area (Å²) in [4.78, 5) is 16.6. The number of thioether (sulfide) groups is 1. The molecule has 0 aliphatic heterocycles. The number of primary amides is 1. The van der Waals surface area contributed by atoms with E-state index in [4.69, 9.17) is 15.5 Å². The molecular weight excluding hydrogens is 334 g/mol. The van der Waals surface area contributed by atoms with Crippen LogP contribution in [-0.2, 0) is 4.79 Å². The van der Waals surface area contributed by atoms with Crippen LogP contribution in [0.4, 0.5) is 0 Å². The van der Waals surface area contributed by atoms with Gasteiger partial charge in [0.25, 0.3) is 0 Å². The Morgan fingerprint density at radius 2 is 1.84 bits per heavy atom. The minimum atomic E-state index is -0.339. The van der Waals surface area contributed by atoms with Crippen molar-refractivity contribution in [3.8, 4) is 11.4 Å². The predicted octanol–water partition coefficient (Wildman–Crippen LogP) is 3.64. The topological polar surface area (TPSA) is 70.1 Å². The Kier molecular flexibility index (Phi) is 4.99. The second-order valence-corrected chi connectivity index (χ2v) is 7.21. The van der Waals surface area contributed by atoms with Crippen molar-refractivity contribution in [1.29, 1.82) is 0 Å². The van der Waals surface area contributed by atoms with E-state index in [0.29, 0.717) is 0 Å². The lowest BCUT2D eigenvalue weighted by molar-refractivity contribution is -0.118. The normalized spacial score (nSPS) is 12.5. The number of rotatable bonds is 6. The average Bonchev–Trinajstić information content (AvgIpc) is 2.97. The number of imidazole rings is 1. The van der Waals surface area contributed by atoms with Crippen LogP contribution >= 0.6 is 11.8 Å². The summed E-state index contributed by atoms with van der Waals surface area (Å²) in [6, 6.07) is 15.7. The highest BCUT2D eigenvalue weighted by atomic mass is 32.2. The first-order valence-corrected chi connectivity index (χ1v) is 8.97. The molecule has 1 aromatic heterocycles. The third-order valence-electron chi connectivity index (χ3n) is 3.98. The fourth-order valence-electron chi connectivity index (χ4n) is 2.70. The number of hydrogen-bond acceptors (Lipinski definition) is 4. The molecule has 5 nitrogen and oxygen atoms in total. The summed E-state index contributed by atoms with van der Waals surface area (Å²) in [5, 5.41) is 0.415. The number of benzene rings is 2. The van der Waals surface area contributed by atoms with Gasteiger partial charge in [-0.2, -0.15) is 0 Å². The highest BCUT2D eigenvalue weighted by molar-refractivity contribution is 8.00. The van der Waals surface area contributed by atoms with E-state index in [-0.39, 0.29) is 17.1 Å². The molecule has 0 unspecified atom stereocenters. The van der Waals surface area contributed by atoms with Crippen molar-refractivity contribution in [1.82, 2.24) is 9.55 Å². The van der Waals surface area contributed by atoms with Gasteiger partial charge in [-0.1, -0.05) is 37.7 Å². The Hall–Kier alpha value is -2.47. The summed E-state index contributed by atoms with van der Waals surface area (Å²) in [6.07, 6.45) is 0.